The quantitative estimate of drug-likeness (QED) is 0.765. The fraction of sp³-hybridized carbons (Fsp3) is 0.615. The van der Waals surface area contributed by atoms with Gasteiger partial charge in [0.25, 0.3) is 5.91 Å². The molecule has 0 atom stereocenters. The molecule has 0 aliphatic heterocycles. The molecule has 1 rings (SSSR count). The molecule has 0 saturated heterocycles. The van der Waals surface area contributed by atoms with Crippen LogP contribution in [0.1, 0.15) is 31.3 Å². The third kappa shape index (κ3) is 3.77. The lowest BCUT2D eigenvalue weighted by Gasteiger charge is -2.18. The van der Waals surface area contributed by atoms with E-state index >= 15 is 0 Å². The van der Waals surface area contributed by atoms with E-state index in [0.29, 0.717) is 17.9 Å². The van der Waals surface area contributed by atoms with Crippen LogP contribution in [-0.2, 0) is 6.54 Å². The van der Waals surface area contributed by atoms with E-state index in [4.69, 9.17) is 5.73 Å². The summed E-state index contributed by atoms with van der Waals surface area (Å²) in [4.78, 5) is 14.3. The highest BCUT2D eigenvalue weighted by Crippen LogP contribution is 2.10. The summed E-state index contributed by atoms with van der Waals surface area (Å²) < 4.78 is 1.86. The molecule has 0 aromatic carbocycles. The number of nitrogens with zero attached hydrogens (tertiary/aromatic N) is 2. The molecule has 0 spiro atoms. The lowest BCUT2D eigenvalue weighted by Crippen LogP contribution is -2.35. The first kappa shape index (κ1) is 14.6. The normalized spacial score (nSPS) is 10.9. The number of rotatable bonds is 7. The van der Waals surface area contributed by atoms with Gasteiger partial charge in [0, 0.05) is 25.8 Å². The first-order valence-corrected chi connectivity index (χ1v) is 6.58. The summed E-state index contributed by atoms with van der Waals surface area (Å²) in [5.74, 6) is -0.0549. The first-order chi connectivity index (χ1) is 8.62. The topological polar surface area (TPSA) is 63.3 Å². The Kier molecular flexibility index (Phi) is 5.71. The van der Waals surface area contributed by atoms with E-state index in [1.54, 1.807) is 12.3 Å². The van der Waals surface area contributed by atoms with Gasteiger partial charge in [-0.15, -0.1) is 0 Å². The number of anilines is 1. The van der Waals surface area contributed by atoms with Crippen LogP contribution in [0.2, 0.25) is 0 Å². The minimum absolute atomic E-state index is 0.0549. The molecule has 0 aliphatic carbocycles. The molecule has 0 unspecified atom stereocenters. The molecular formula is C13H24N4O. The third-order valence-corrected chi connectivity index (χ3v) is 3.10. The Bertz CT molecular complexity index is 382. The molecule has 18 heavy (non-hydrogen) atoms. The fourth-order valence-corrected chi connectivity index (χ4v) is 1.94. The molecule has 102 valence electrons. The van der Waals surface area contributed by atoms with E-state index in [2.05, 4.69) is 24.1 Å². The number of carbonyl (C=O) groups excluding carboxylic acids is 1. The van der Waals surface area contributed by atoms with Crippen LogP contribution >= 0.6 is 0 Å². The van der Waals surface area contributed by atoms with E-state index in [9.17, 15) is 4.79 Å². The number of aryl methyl sites for hydroxylation is 1. The summed E-state index contributed by atoms with van der Waals surface area (Å²) in [6.45, 7) is 10.5. The van der Waals surface area contributed by atoms with Crippen LogP contribution in [0.4, 0.5) is 5.69 Å². The van der Waals surface area contributed by atoms with Gasteiger partial charge < -0.3 is 20.5 Å². The van der Waals surface area contributed by atoms with Gasteiger partial charge >= 0.3 is 0 Å². The minimum Gasteiger partial charge on any atom is -0.397 e. The summed E-state index contributed by atoms with van der Waals surface area (Å²) in [6.07, 6.45) is 1.79. The van der Waals surface area contributed by atoms with E-state index < -0.39 is 0 Å². The highest BCUT2D eigenvalue weighted by molar-refractivity contribution is 5.93. The summed E-state index contributed by atoms with van der Waals surface area (Å²) in [6, 6.07) is 1.72. The molecule has 0 saturated carbocycles. The largest absolute Gasteiger partial charge is 0.397 e. The number of likely N-dealkylation sites (N-methyl/N-ethyl adjacent to an activating group) is 1. The van der Waals surface area contributed by atoms with Gasteiger partial charge in [0.2, 0.25) is 0 Å². The number of aromatic nitrogens is 1. The van der Waals surface area contributed by atoms with E-state index in [1.165, 1.54) is 0 Å². The van der Waals surface area contributed by atoms with Crippen molar-refractivity contribution in [3.63, 3.8) is 0 Å². The minimum atomic E-state index is -0.0549. The predicted octanol–water partition coefficient (Wildman–Crippen LogP) is 1.16. The van der Waals surface area contributed by atoms with Crippen LogP contribution in [-0.4, -0.2) is 41.6 Å². The summed E-state index contributed by atoms with van der Waals surface area (Å²) in [5.41, 5.74) is 6.97. The summed E-state index contributed by atoms with van der Waals surface area (Å²) in [5, 5.41) is 2.93. The van der Waals surface area contributed by atoms with Gasteiger partial charge in [-0.3, -0.25) is 4.79 Å². The fourth-order valence-electron chi connectivity index (χ4n) is 1.94. The Hall–Kier alpha value is -1.49. The van der Waals surface area contributed by atoms with Gasteiger partial charge in [-0.1, -0.05) is 13.8 Å². The monoisotopic (exact) mass is 252 g/mol. The number of nitrogens with two attached hydrogens (primary N) is 1. The second-order valence-corrected chi connectivity index (χ2v) is 4.23. The second-order valence-electron chi connectivity index (χ2n) is 4.23. The number of carbonyl (C=O) groups is 1. The zero-order valence-corrected chi connectivity index (χ0v) is 11.6. The molecule has 0 radical (unpaired) electrons. The van der Waals surface area contributed by atoms with Crippen molar-refractivity contribution in [1.82, 2.24) is 14.8 Å². The maximum atomic E-state index is 12.0. The van der Waals surface area contributed by atoms with Crippen molar-refractivity contribution < 1.29 is 4.79 Å². The lowest BCUT2D eigenvalue weighted by molar-refractivity contribution is 0.0940. The lowest BCUT2D eigenvalue weighted by atomic mass is 10.3. The van der Waals surface area contributed by atoms with Crippen LogP contribution < -0.4 is 11.1 Å². The van der Waals surface area contributed by atoms with Crippen molar-refractivity contribution in [2.75, 3.05) is 31.9 Å². The first-order valence-electron chi connectivity index (χ1n) is 6.58. The number of hydrogen-bond donors (Lipinski definition) is 2. The van der Waals surface area contributed by atoms with Gasteiger partial charge in [0.05, 0.1) is 5.69 Å². The van der Waals surface area contributed by atoms with Crippen molar-refractivity contribution >= 4 is 11.6 Å². The van der Waals surface area contributed by atoms with Gasteiger partial charge in [0.15, 0.2) is 0 Å². The van der Waals surface area contributed by atoms with Crippen LogP contribution in [0, 0.1) is 0 Å². The molecule has 1 aromatic heterocycles. The van der Waals surface area contributed by atoms with Crippen LogP contribution in [0.25, 0.3) is 0 Å². The van der Waals surface area contributed by atoms with Crippen molar-refractivity contribution in [1.29, 1.82) is 0 Å². The Morgan fingerprint density at radius 2 is 2.06 bits per heavy atom. The Morgan fingerprint density at radius 1 is 1.39 bits per heavy atom. The number of nitrogens with one attached hydrogen (secondary N) is 1. The highest BCUT2D eigenvalue weighted by Gasteiger charge is 2.11. The highest BCUT2D eigenvalue weighted by atomic mass is 16.1. The summed E-state index contributed by atoms with van der Waals surface area (Å²) in [7, 11) is 0. The zero-order chi connectivity index (χ0) is 13.5. The Labute approximate surface area is 109 Å². The molecule has 5 nitrogen and oxygen atoms in total. The van der Waals surface area contributed by atoms with E-state index in [1.807, 2.05) is 11.5 Å². The maximum Gasteiger partial charge on any atom is 0.268 e. The average molecular weight is 252 g/mol. The molecule has 3 N–H and O–H groups in total. The molecular weight excluding hydrogens is 228 g/mol. The number of nitrogen functional groups attached to an aromatic ring is 1. The van der Waals surface area contributed by atoms with Gasteiger partial charge in [-0.05, 0) is 26.1 Å². The number of hydrogen-bond acceptors (Lipinski definition) is 3. The van der Waals surface area contributed by atoms with Crippen molar-refractivity contribution in [3.05, 3.63) is 18.0 Å². The van der Waals surface area contributed by atoms with Crippen LogP contribution in [0.5, 0.6) is 0 Å². The Morgan fingerprint density at radius 3 is 2.61 bits per heavy atom. The molecule has 0 bridgehead atoms. The third-order valence-electron chi connectivity index (χ3n) is 3.10. The molecule has 1 amide bonds. The molecule has 0 aliphatic rings. The van der Waals surface area contributed by atoms with Crippen molar-refractivity contribution in [3.8, 4) is 0 Å². The van der Waals surface area contributed by atoms with E-state index in [0.717, 1.165) is 26.2 Å². The standard InChI is InChI=1S/C13H24N4O/c1-4-16(5-2)8-7-15-13(18)12-9-11(14)10-17(12)6-3/h9-10H,4-8,14H2,1-3H3,(H,15,18). The van der Waals surface area contributed by atoms with E-state index in [-0.39, 0.29) is 5.91 Å². The predicted molar refractivity (Wildman–Crippen MR) is 74.6 cm³/mol. The molecule has 5 heteroatoms. The maximum absolute atomic E-state index is 12.0. The summed E-state index contributed by atoms with van der Waals surface area (Å²) >= 11 is 0. The van der Waals surface area contributed by atoms with Crippen molar-refractivity contribution in [2.45, 2.75) is 27.3 Å². The van der Waals surface area contributed by atoms with Crippen LogP contribution in [0.15, 0.2) is 12.3 Å². The molecule has 1 heterocycles. The van der Waals surface area contributed by atoms with Crippen LogP contribution in [0.3, 0.4) is 0 Å². The van der Waals surface area contributed by atoms with Crippen molar-refractivity contribution in [2.24, 2.45) is 0 Å². The second kappa shape index (κ2) is 7.06. The Balaban J connectivity index is 2.50. The average Bonchev–Trinajstić information content (AvgIpc) is 2.75. The smallest absolute Gasteiger partial charge is 0.268 e. The number of amides is 1. The SMILES string of the molecule is CCN(CC)CCNC(=O)c1cc(N)cn1CC. The van der Waals surface area contributed by atoms with Gasteiger partial charge in [0.1, 0.15) is 5.69 Å². The molecule has 0 fully saturated rings. The van der Waals surface area contributed by atoms with Gasteiger partial charge in [-0.2, -0.15) is 0 Å². The van der Waals surface area contributed by atoms with Gasteiger partial charge in [-0.25, -0.2) is 0 Å². The zero-order valence-electron chi connectivity index (χ0n) is 11.6. The molecule has 1 aromatic rings.